The lowest BCUT2D eigenvalue weighted by Gasteiger charge is -2.26. The first-order chi connectivity index (χ1) is 12.9. The predicted octanol–water partition coefficient (Wildman–Crippen LogP) is 2.84. The molecular weight excluding hydrogens is 345 g/mol. The Morgan fingerprint density at radius 3 is 2.56 bits per heavy atom. The first-order valence-corrected chi connectivity index (χ1v) is 9.08. The van der Waals surface area contributed by atoms with Crippen LogP contribution in [0.25, 0.3) is 0 Å². The van der Waals surface area contributed by atoms with Crippen molar-refractivity contribution in [1.29, 1.82) is 0 Å². The summed E-state index contributed by atoms with van der Waals surface area (Å²) in [4.78, 5) is 12.6. The van der Waals surface area contributed by atoms with Crippen LogP contribution < -0.4 is 20.9 Å². The number of amides is 1. The van der Waals surface area contributed by atoms with Crippen molar-refractivity contribution in [2.75, 3.05) is 13.7 Å². The van der Waals surface area contributed by atoms with E-state index in [0.29, 0.717) is 18.5 Å². The molecule has 2 aromatic rings. The average Bonchev–Trinajstić information content (AvgIpc) is 3.17. The van der Waals surface area contributed by atoms with Gasteiger partial charge in [-0.3, -0.25) is 4.79 Å². The van der Waals surface area contributed by atoms with Gasteiger partial charge in [0.25, 0.3) is 0 Å². The molecule has 1 aliphatic heterocycles. The second-order valence-corrected chi connectivity index (χ2v) is 7.48. The maximum atomic E-state index is 14.1. The Bertz CT molecular complexity index is 792. The zero-order chi connectivity index (χ0) is 19.4. The van der Waals surface area contributed by atoms with E-state index in [1.807, 2.05) is 44.2 Å². The minimum absolute atomic E-state index is 0.0474. The molecular formula is C21H26FN3O2. The van der Waals surface area contributed by atoms with Crippen molar-refractivity contribution in [3.63, 3.8) is 0 Å². The first-order valence-electron chi connectivity index (χ1n) is 9.08. The van der Waals surface area contributed by atoms with Gasteiger partial charge in [0.1, 0.15) is 17.6 Å². The number of benzene rings is 2. The molecule has 144 valence electrons. The van der Waals surface area contributed by atoms with Gasteiger partial charge < -0.3 is 10.1 Å². The highest BCUT2D eigenvalue weighted by molar-refractivity contribution is 5.82. The molecule has 0 aromatic heterocycles. The summed E-state index contributed by atoms with van der Waals surface area (Å²) in [5.74, 6) is 0.453. The van der Waals surface area contributed by atoms with E-state index >= 15 is 0 Å². The van der Waals surface area contributed by atoms with Crippen molar-refractivity contribution in [3.05, 3.63) is 65.5 Å². The van der Waals surface area contributed by atoms with Crippen LogP contribution in [-0.4, -0.2) is 25.6 Å². The van der Waals surface area contributed by atoms with Gasteiger partial charge in [0.15, 0.2) is 0 Å². The number of methoxy groups -OCH3 is 1. The van der Waals surface area contributed by atoms with Crippen molar-refractivity contribution >= 4 is 5.91 Å². The molecule has 1 fully saturated rings. The van der Waals surface area contributed by atoms with Gasteiger partial charge in [-0.2, -0.15) is 0 Å². The molecule has 0 bridgehead atoms. The summed E-state index contributed by atoms with van der Waals surface area (Å²) < 4.78 is 19.2. The Labute approximate surface area is 159 Å². The molecule has 1 aliphatic rings. The van der Waals surface area contributed by atoms with Gasteiger partial charge in [-0.25, -0.2) is 15.2 Å². The highest BCUT2D eigenvalue weighted by atomic mass is 19.1. The van der Waals surface area contributed by atoms with E-state index in [-0.39, 0.29) is 23.8 Å². The summed E-state index contributed by atoms with van der Waals surface area (Å²) in [6.07, 6.45) is 0.637. The maximum Gasteiger partial charge on any atom is 0.238 e. The van der Waals surface area contributed by atoms with E-state index in [0.717, 1.165) is 11.3 Å². The van der Waals surface area contributed by atoms with Crippen LogP contribution in [0.5, 0.6) is 5.75 Å². The van der Waals surface area contributed by atoms with E-state index in [2.05, 4.69) is 16.2 Å². The molecule has 0 radical (unpaired) electrons. The van der Waals surface area contributed by atoms with Crippen LogP contribution in [0.15, 0.2) is 48.5 Å². The number of hydrazine groups is 1. The summed E-state index contributed by atoms with van der Waals surface area (Å²) in [6.45, 7) is 4.20. The van der Waals surface area contributed by atoms with E-state index in [1.54, 1.807) is 19.2 Å². The Balaban J connectivity index is 1.56. The fourth-order valence-corrected chi connectivity index (χ4v) is 3.32. The average molecular weight is 371 g/mol. The number of rotatable bonds is 6. The maximum absolute atomic E-state index is 14.1. The van der Waals surface area contributed by atoms with E-state index < -0.39 is 5.41 Å². The van der Waals surface area contributed by atoms with Gasteiger partial charge in [0, 0.05) is 18.0 Å². The Morgan fingerprint density at radius 2 is 1.89 bits per heavy atom. The number of ether oxygens (including phenoxy) is 1. The lowest BCUT2D eigenvalue weighted by atomic mass is 9.84. The lowest BCUT2D eigenvalue weighted by Crippen LogP contribution is -2.46. The summed E-state index contributed by atoms with van der Waals surface area (Å²) in [6, 6.07) is 14.2. The smallest absolute Gasteiger partial charge is 0.238 e. The molecule has 1 saturated heterocycles. The van der Waals surface area contributed by atoms with Crippen molar-refractivity contribution in [2.45, 2.75) is 37.8 Å². The standard InChI is InChI=1S/C21H26FN3O2/c1-21(2,16-6-4-5-7-17(16)22)13-23-20(26)19-12-18(24-25-19)14-8-10-15(27-3)11-9-14/h4-11,18-19,24-25H,12-13H2,1-3H3,(H,23,26). The van der Waals surface area contributed by atoms with Crippen LogP contribution in [0, 0.1) is 5.82 Å². The minimum Gasteiger partial charge on any atom is -0.497 e. The normalized spacial score (nSPS) is 19.7. The molecule has 1 heterocycles. The van der Waals surface area contributed by atoms with E-state index in [1.165, 1.54) is 6.07 Å². The molecule has 0 spiro atoms. The molecule has 27 heavy (non-hydrogen) atoms. The minimum atomic E-state index is -0.498. The number of hydrogen-bond donors (Lipinski definition) is 3. The molecule has 2 unspecified atom stereocenters. The predicted molar refractivity (Wildman–Crippen MR) is 103 cm³/mol. The monoisotopic (exact) mass is 371 g/mol. The van der Waals surface area contributed by atoms with Gasteiger partial charge >= 0.3 is 0 Å². The zero-order valence-electron chi connectivity index (χ0n) is 15.9. The Hall–Kier alpha value is -2.44. The highest BCUT2D eigenvalue weighted by Gasteiger charge is 2.32. The van der Waals surface area contributed by atoms with Crippen molar-refractivity contribution < 1.29 is 13.9 Å². The molecule has 5 nitrogen and oxygen atoms in total. The molecule has 0 aliphatic carbocycles. The zero-order valence-corrected chi connectivity index (χ0v) is 15.9. The van der Waals surface area contributed by atoms with Crippen LogP contribution >= 0.6 is 0 Å². The highest BCUT2D eigenvalue weighted by Crippen LogP contribution is 2.26. The summed E-state index contributed by atoms with van der Waals surface area (Å²) in [7, 11) is 1.63. The van der Waals surface area contributed by atoms with Crippen LogP contribution in [-0.2, 0) is 10.2 Å². The third-order valence-electron chi connectivity index (χ3n) is 5.05. The van der Waals surface area contributed by atoms with Crippen molar-refractivity contribution in [1.82, 2.24) is 16.2 Å². The second kappa shape index (κ2) is 8.06. The summed E-state index contributed by atoms with van der Waals surface area (Å²) >= 11 is 0. The van der Waals surface area contributed by atoms with Crippen LogP contribution in [0.3, 0.4) is 0 Å². The summed E-state index contributed by atoms with van der Waals surface area (Å²) in [5.41, 5.74) is 7.41. The number of hydrogen-bond acceptors (Lipinski definition) is 4. The molecule has 3 rings (SSSR count). The topological polar surface area (TPSA) is 62.4 Å². The van der Waals surface area contributed by atoms with Gasteiger partial charge in [-0.1, -0.05) is 44.2 Å². The van der Waals surface area contributed by atoms with Crippen molar-refractivity contribution in [3.8, 4) is 5.75 Å². The molecule has 6 heteroatoms. The quantitative estimate of drug-likeness (QED) is 0.731. The van der Waals surface area contributed by atoms with Gasteiger partial charge in [-0.05, 0) is 35.7 Å². The van der Waals surface area contributed by atoms with Crippen LogP contribution in [0.2, 0.25) is 0 Å². The van der Waals surface area contributed by atoms with Gasteiger partial charge in [0.05, 0.1) is 7.11 Å². The second-order valence-electron chi connectivity index (χ2n) is 7.48. The van der Waals surface area contributed by atoms with Crippen LogP contribution in [0.4, 0.5) is 4.39 Å². The molecule has 2 aromatic carbocycles. The van der Waals surface area contributed by atoms with Crippen LogP contribution in [0.1, 0.15) is 37.4 Å². The van der Waals surface area contributed by atoms with E-state index in [4.69, 9.17) is 4.74 Å². The SMILES string of the molecule is COc1ccc(C2CC(C(=O)NCC(C)(C)c3ccccc3F)NN2)cc1. The summed E-state index contributed by atoms with van der Waals surface area (Å²) in [5, 5.41) is 2.95. The Morgan fingerprint density at radius 1 is 1.19 bits per heavy atom. The first kappa shape index (κ1) is 19.3. The fourth-order valence-electron chi connectivity index (χ4n) is 3.32. The van der Waals surface area contributed by atoms with Crippen molar-refractivity contribution in [2.24, 2.45) is 0 Å². The molecule has 1 amide bonds. The molecule has 3 N–H and O–H groups in total. The van der Waals surface area contributed by atoms with E-state index in [9.17, 15) is 9.18 Å². The third kappa shape index (κ3) is 4.46. The molecule has 0 saturated carbocycles. The Kier molecular flexibility index (Phi) is 5.77. The number of carbonyl (C=O) groups excluding carboxylic acids is 1. The number of nitrogens with one attached hydrogen (secondary N) is 3. The van der Waals surface area contributed by atoms with Gasteiger partial charge in [-0.15, -0.1) is 0 Å². The van der Waals surface area contributed by atoms with Gasteiger partial charge in [0.2, 0.25) is 5.91 Å². The third-order valence-corrected chi connectivity index (χ3v) is 5.05. The lowest BCUT2D eigenvalue weighted by molar-refractivity contribution is -0.123. The largest absolute Gasteiger partial charge is 0.497 e. The molecule has 2 atom stereocenters. The number of halogens is 1. The number of carbonyl (C=O) groups is 1. The fraction of sp³-hybridized carbons (Fsp3) is 0.381.